The Labute approximate surface area is 106 Å². The van der Waals surface area contributed by atoms with Gasteiger partial charge in [0, 0.05) is 6.54 Å². The van der Waals surface area contributed by atoms with Crippen LogP contribution >= 0.6 is 12.2 Å². The number of ether oxygens (including phenoxy) is 1. The van der Waals surface area contributed by atoms with E-state index >= 15 is 0 Å². The van der Waals surface area contributed by atoms with E-state index in [4.69, 9.17) is 17.0 Å². The zero-order valence-corrected chi connectivity index (χ0v) is 10.6. The summed E-state index contributed by atoms with van der Waals surface area (Å²) in [5.74, 6) is 0.631. The summed E-state index contributed by atoms with van der Waals surface area (Å²) in [5.41, 5.74) is 0.881. The summed E-state index contributed by atoms with van der Waals surface area (Å²) in [6.45, 7) is 2.45. The van der Waals surface area contributed by atoms with Crippen LogP contribution in [0.4, 0.5) is 5.69 Å². The van der Waals surface area contributed by atoms with E-state index in [2.05, 4.69) is 5.32 Å². The van der Waals surface area contributed by atoms with Crippen molar-refractivity contribution in [3.8, 4) is 5.75 Å². The Morgan fingerprint density at radius 2 is 2.18 bits per heavy atom. The second-order valence-electron chi connectivity index (χ2n) is 3.98. The van der Waals surface area contributed by atoms with Crippen LogP contribution in [-0.2, 0) is 4.79 Å². The van der Waals surface area contributed by atoms with E-state index in [9.17, 15) is 4.79 Å². The van der Waals surface area contributed by atoms with E-state index in [0.717, 1.165) is 11.4 Å². The molecule has 0 radical (unpaired) electrons. The number of carbonyl (C=O) groups excluding carboxylic acids is 1. The highest BCUT2D eigenvalue weighted by Gasteiger charge is 2.28. The molecule has 5 heteroatoms. The first-order valence-corrected chi connectivity index (χ1v) is 5.79. The van der Waals surface area contributed by atoms with Gasteiger partial charge in [0.1, 0.15) is 5.75 Å². The third kappa shape index (κ3) is 2.24. The maximum absolute atomic E-state index is 11.5. The van der Waals surface area contributed by atoms with Gasteiger partial charge in [0.25, 0.3) is 0 Å². The largest absolute Gasteiger partial charge is 0.495 e. The second-order valence-corrected chi connectivity index (χ2v) is 4.36. The van der Waals surface area contributed by atoms with Gasteiger partial charge in [-0.15, -0.1) is 0 Å². The zero-order chi connectivity index (χ0) is 12.4. The van der Waals surface area contributed by atoms with Crippen molar-refractivity contribution < 1.29 is 9.53 Å². The molecule has 0 aliphatic carbocycles. The number of rotatable bonds is 2. The lowest BCUT2D eigenvalue weighted by Gasteiger charge is -2.33. The molecule has 0 aromatic heterocycles. The molecule has 1 heterocycles. The first-order chi connectivity index (χ1) is 8.13. The molecule has 4 nitrogen and oxygen atoms in total. The summed E-state index contributed by atoms with van der Waals surface area (Å²) in [5, 5.41) is 3.12. The van der Waals surface area contributed by atoms with Crippen molar-refractivity contribution in [2.75, 3.05) is 18.6 Å². The zero-order valence-electron chi connectivity index (χ0n) is 9.77. The van der Waals surface area contributed by atoms with Crippen molar-refractivity contribution in [2.24, 2.45) is 5.92 Å². The molecular formula is C12H14N2O2S. The predicted molar refractivity (Wildman–Crippen MR) is 70.2 cm³/mol. The molecule has 0 bridgehead atoms. The van der Waals surface area contributed by atoms with Crippen molar-refractivity contribution in [1.82, 2.24) is 5.32 Å². The van der Waals surface area contributed by atoms with Crippen molar-refractivity contribution in [3.05, 3.63) is 24.3 Å². The normalized spacial score (nSPS) is 20.1. The second kappa shape index (κ2) is 4.71. The summed E-state index contributed by atoms with van der Waals surface area (Å²) in [6, 6.07) is 7.62. The minimum absolute atomic E-state index is 0.0267. The molecular weight excluding hydrogens is 236 g/mol. The van der Waals surface area contributed by atoms with Gasteiger partial charge in [0.05, 0.1) is 18.7 Å². The smallest absolute Gasteiger partial charge is 0.230 e. The van der Waals surface area contributed by atoms with Crippen LogP contribution in [0, 0.1) is 5.92 Å². The third-order valence-corrected chi connectivity index (χ3v) is 3.08. The fourth-order valence-corrected chi connectivity index (χ4v) is 2.07. The molecule has 1 saturated heterocycles. The van der Waals surface area contributed by atoms with Gasteiger partial charge in [0.2, 0.25) is 5.91 Å². The molecule has 1 amide bonds. The number of nitrogens with zero attached hydrogens (tertiary/aromatic N) is 1. The average Bonchev–Trinajstić information content (AvgIpc) is 2.34. The number of anilines is 1. The van der Waals surface area contributed by atoms with E-state index in [1.807, 2.05) is 36.1 Å². The van der Waals surface area contributed by atoms with Gasteiger partial charge in [-0.05, 0) is 24.4 Å². The first kappa shape index (κ1) is 11.9. The SMILES string of the molecule is COc1ccccc1N1C[C@H](C)C(=O)NC1=S. The molecule has 0 saturated carbocycles. The molecule has 1 fully saturated rings. The predicted octanol–water partition coefficient (Wildman–Crippen LogP) is 1.55. The average molecular weight is 250 g/mol. The Hall–Kier alpha value is -1.62. The number of hydrogen-bond donors (Lipinski definition) is 1. The van der Waals surface area contributed by atoms with Crippen molar-refractivity contribution >= 4 is 28.9 Å². The molecule has 1 aromatic rings. The number of carbonyl (C=O) groups is 1. The lowest BCUT2D eigenvalue weighted by Crippen LogP contribution is -2.53. The lowest BCUT2D eigenvalue weighted by atomic mass is 10.1. The van der Waals surface area contributed by atoms with Crippen LogP contribution in [0.5, 0.6) is 5.75 Å². The summed E-state index contributed by atoms with van der Waals surface area (Å²) in [6.07, 6.45) is 0. The van der Waals surface area contributed by atoms with Gasteiger partial charge < -0.3 is 15.0 Å². The Bertz CT molecular complexity index is 462. The summed E-state index contributed by atoms with van der Waals surface area (Å²) in [7, 11) is 1.62. The molecule has 17 heavy (non-hydrogen) atoms. The number of benzene rings is 1. The van der Waals surface area contributed by atoms with Crippen molar-refractivity contribution in [3.63, 3.8) is 0 Å². The van der Waals surface area contributed by atoms with Gasteiger partial charge in [0.15, 0.2) is 5.11 Å². The standard InChI is InChI=1S/C12H14N2O2S/c1-8-7-14(12(17)13-11(8)15)9-5-3-4-6-10(9)16-2/h3-6,8H,7H2,1-2H3,(H,13,15,17)/t8-/m0/s1. The van der Waals surface area contributed by atoms with Crippen LogP contribution in [0.15, 0.2) is 24.3 Å². The fraction of sp³-hybridized carbons (Fsp3) is 0.333. The number of amides is 1. The molecule has 0 spiro atoms. The number of thiocarbonyl (C=S) groups is 1. The quantitative estimate of drug-likeness (QED) is 0.809. The summed E-state index contributed by atoms with van der Waals surface area (Å²) in [4.78, 5) is 13.4. The Balaban J connectivity index is 2.33. The first-order valence-electron chi connectivity index (χ1n) is 5.39. The molecule has 1 atom stereocenters. The number of methoxy groups -OCH3 is 1. The summed E-state index contributed by atoms with van der Waals surface area (Å²) < 4.78 is 5.29. The van der Waals surface area contributed by atoms with E-state index in [0.29, 0.717) is 11.7 Å². The minimum Gasteiger partial charge on any atom is -0.495 e. The van der Waals surface area contributed by atoms with Crippen LogP contribution < -0.4 is 15.0 Å². The molecule has 0 unspecified atom stereocenters. The molecule has 2 rings (SSSR count). The molecule has 1 aliphatic heterocycles. The maximum Gasteiger partial charge on any atom is 0.230 e. The molecule has 1 aromatic carbocycles. The van der Waals surface area contributed by atoms with Crippen LogP contribution in [0.3, 0.4) is 0 Å². The monoisotopic (exact) mass is 250 g/mol. The Morgan fingerprint density at radius 1 is 1.47 bits per heavy atom. The van der Waals surface area contributed by atoms with E-state index in [1.54, 1.807) is 7.11 Å². The fourth-order valence-electron chi connectivity index (χ4n) is 1.80. The van der Waals surface area contributed by atoms with E-state index in [1.165, 1.54) is 0 Å². The van der Waals surface area contributed by atoms with E-state index < -0.39 is 0 Å². The van der Waals surface area contributed by atoms with Crippen molar-refractivity contribution in [1.29, 1.82) is 0 Å². The highest BCUT2D eigenvalue weighted by atomic mass is 32.1. The minimum atomic E-state index is -0.0911. The van der Waals surface area contributed by atoms with Gasteiger partial charge in [-0.1, -0.05) is 19.1 Å². The molecule has 1 N–H and O–H groups in total. The third-order valence-electron chi connectivity index (χ3n) is 2.76. The maximum atomic E-state index is 11.5. The Morgan fingerprint density at radius 3 is 2.88 bits per heavy atom. The number of nitrogens with one attached hydrogen (secondary N) is 1. The van der Waals surface area contributed by atoms with Gasteiger partial charge in [-0.3, -0.25) is 4.79 Å². The number of hydrogen-bond acceptors (Lipinski definition) is 3. The lowest BCUT2D eigenvalue weighted by molar-refractivity contribution is -0.123. The van der Waals surface area contributed by atoms with Crippen LogP contribution in [0.2, 0.25) is 0 Å². The Kier molecular flexibility index (Phi) is 3.28. The van der Waals surface area contributed by atoms with Gasteiger partial charge in [-0.25, -0.2) is 0 Å². The topological polar surface area (TPSA) is 41.6 Å². The van der Waals surface area contributed by atoms with Crippen LogP contribution in [0.25, 0.3) is 0 Å². The molecule has 1 aliphatic rings. The van der Waals surface area contributed by atoms with E-state index in [-0.39, 0.29) is 11.8 Å². The van der Waals surface area contributed by atoms with Gasteiger partial charge in [-0.2, -0.15) is 0 Å². The highest BCUT2D eigenvalue weighted by Crippen LogP contribution is 2.29. The van der Waals surface area contributed by atoms with Crippen LogP contribution in [0.1, 0.15) is 6.92 Å². The highest BCUT2D eigenvalue weighted by molar-refractivity contribution is 7.80. The van der Waals surface area contributed by atoms with Crippen LogP contribution in [-0.4, -0.2) is 24.7 Å². The number of para-hydroxylation sites is 2. The van der Waals surface area contributed by atoms with Gasteiger partial charge >= 0.3 is 0 Å². The molecule has 90 valence electrons. The van der Waals surface area contributed by atoms with Crippen molar-refractivity contribution in [2.45, 2.75) is 6.92 Å². The summed E-state index contributed by atoms with van der Waals surface area (Å²) >= 11 is 5.19.